The lowest BCUT2D eigenvalue weighted by molar-refractivity contribution is -0.142. The van der Waals surface area contributed by atoms with Crippen molar-refractivity contribution in [2.45, 2.75) is 38.6 Å². The van der Waals surface area contributed by atoms with Crippen LogP contribution in [0.1, 0.15) is 53.7 Å². The standard InChI is InChI=1S/C27H29N3O5/c1-18(21-13-7-10-19-8-3-5-11-22(19)21)28-27(34)23-12-6-4-9-20(23)14-15-24(31)29-30-25(32)16-17-26(33)35-2/h3-13,18H,14-17H2,1-2H3,(H,28,34)(H,29,31)(H,30,32)/t18-/m1/s1. The molecule has 0 radical (unpaired) electrons. The molecule has 3 N–H and O–H groups in total. The molecule has 8 nitrogen and oxygen atoms in total. The SMILES string of the molecule is COC(=O)CCC(=O)NNC(=O)CCc1ccccc1C(=O)N[C@H](C)c1cccc2ccccc12. The number of methoxy groups -OCH3 is 1. The molecule has 1 atom stereocenters. The molecule has 0 aliphatic heterocycles. The predicted molar refractivity (Wildman–Crippen MR) is 132 cm³/mol. The summed E-state index contributed by atoms with van der Waals surface area (Å²) >= 11 is 0. The van der Waals surface area contributed by atoms with Crippen LogP contribution in [0.5, 0.6) is 0 Å². The van der Waals surface area contributed by atoms with Gasteiger partial charge in [-0.2, -0.15) is 0 Å². The van der Waals surface area contributed by atoms with Gasteiger partial charge >= 0.3 is 5.97 Å². The fourth-order valence-electron chi connectivity index (χ4n) is 3.77. The quantitative estimate of drug-likeness (QED) is 0.324. The van der Waals surface area contributed by atoms with Gasteiger partial charge in [0.05, 0.1) is 19.6 Å². The molecule has 0 spiro atoms. The van der Waals surface area contributed by atoms with E-state index in [4.69, 9.17) is 0 Å². The van der Waals surface area contributed by atoms with Crippen LogP contribution in [0, 0.1) is 0 Å². The lowest BCUT2D eigenvalue weighted by Crippen LogP contribution is -2.41. The summed E-state index contributed by atoms with van der Waals surface area (Å²) in [6, 6.07) is 21.0. The van der Waals surface area contributed by atoms with Gasteiger partial charge in [-0.1, -0.05) is 60.7 Å². The first-order valence-corrected chi connectivity index (χ1v) is 11.4. The Balaban J connectivity index is 1.57. The number of benzene rings is 3. The molecule has 8 heteroatoms. The van der Waals surface area contributed by atoms with E-state index in [0.29, 0.717) is 12.0 Å². The molecule has 0 unspecified atom stereocenters. The van der Waals surface area contributed by atoms with E-state index in [9.17, 15) is 19.2 Å². The lowest BCUT2D eigenvalue weighted by atomic mass is 9.98. The maximum absolute atomic E-state index is 13.1. The summed E-state index contributed by atoms with van der Waals surface area (Å²) in [6.07, 6.45) is 0.222. The summed E-state index contributed by atoms with van der Waals surface area (Å²) in [5, 5.41) is 5.26. The summed E-state index contributed by atoms with van der Waals surface area (Å²) in [6.45, 7) is 1.94. The van der Waals surface area contributed by atoms with Gasteiger partial charge in [0.15, 0.2) is 0 Å². The van der Waals surface area contributed by atoms with Crippen LogP contribution in [0.2, 0.25) is 0 Å². The molecule has 0 heterocycles. The van der Waals surface area contributed by atoms with Crippen LogP contribution in [0.25, 0.3) is 10.8 Å². The molecule has 3 amide bonds. The van der Waals surface area contributed by atoms with Crippen molar-refractivity contribution in [2.75, 3.05) is 7.11 Å². The van der Waals surface area contributed by atoms with E-state index < -0.39 is 17.8 Å². The normalized spacial score (nSPS) is 11.4. The highest BCUT2D eigenvalue weighted by Gasteiger charge is 2.17. The van der Waals surface area contributed by atoms with Crippen LogP contribution in [-0.4, -0.2) is 30.8 Å². The van der Waals surface area contributed by atoms with Crippen LogP contribution in [-0.2, 0) is 25.5 Å². The highest BCUT2D eigenvalue weighted by Crippen LogP contribution is 2.24. The largest absolute Gasteiger partial charge is 0.469 e. The number of aryl methyl sites for hydroxylation is 1. The maximum Gasteiger partial charge on any atom is 0.306 e. The minimum absolute atomic E-state index is 0.0699. The number of esters is 1. The van der Waals surface area contributed by atoms with E-state index in [-0.39, 0.29) is 31.2 Å². The Labute approximate surface area is 204 Å². The van der Waals surface area contributed by atoms with Crippen LogP contribution < -0.4 is 16.2 Å². The van der Waals surface area contributed by atoms with Crippen molar-refractivity contribution in [1.29, 1.82) is 0 Å². The summed E-state index contributed by atoms with van der Waals surface area (Å²) < 4.78 is 4.47. The van der Waals surface area contributed by atoms with Crippen molar-refractivity contribution in [3.63, 3.8) is 0 Å². The molecule has 0 fully saturated rings. The van der Waals surface area contributed by atoms with Crippen LogP contribution in [0.15, 0.2) is 66.7 Å². The van der Waals surface area contributed by atoms with E-state index in [1.165, 1.54) is 7.11 Å². The molecule has 0 aliphatic rings. The summed E-state index contributed by atoms with van der Waals surface area (Å²) in [4.78, 5) is 48.0. The number of nitrogens with one attached hydrogen (secondary N) is 3. The summed E-state index contributed by atoms with van der Waals surface area (Å²) in [7, 11) is 1.24. The van der Waals surface area contributed by atoms with Gasteiger partial charge in [-0.3, -0.25) is 30.0 Å². The number of hydrazine groups is 1. The minimum atomic E-state index is -0.504. The second-order valence-electron chi connectivity index (χ2n) is 8.09. The Morgan fingerprint density at radius 1 is 0.800 bits per heavy atom. The first kappa shape index (κ1) is 25.4. The second kappa shape index (κ2) is 12.3. The van der Waals surface area contributed by atoms with Gasteiger partial charge in [-0.05, 0) is 41.3 Å². The molecule has 35 heavy (non-hydrogen) atoms. The van der Waals surface area contributed by atoms with Crippen LogP contribution >= 0.6 is 0 Å². The fraction of sp³-hybridized carbons (Fsp3) is 0.259. The number of amides is 3. The monoisotopic (exact) mass is 475 g/mol. The van der Waals surface area contributed by atoms with Crippen LogP contribution in [0.4, 0.5) is 0 Å². The van der Waals surface area contributed by atoms with E-state index in [0.717, 1.165) is 21.9 Å². The van der Waals surface area contributed by atoms with Crippen molar-refractivity contribution in [3.05, 3.63) is 83.4 Å². The third-order valence-electron chi connectivity index (χ3n) is 5.65. The van der Waals surface area contributed by atoms with E-state index in [1.54, 1.807) is 18.2 Å². The molecule has 3 aromatic carbocycles. The number of hydrogen-bond acceptors (Lipinski definition) is 5. The maximum atomic E-state index is 13.1. The molecule has 3 aromatic rings. The molecule has 0 aliphatic carbocycles. The van der Waals surface area contributed by atoms with Gasteiger partial charge in [0.1, 0.15) is 0 Å². The van der Waals surface area contributed by atoms with Crippen molar-refractivity contribution in [1.82, 2.24) is 16.2 Å². The van der Waals surface area contributed by atoms with E-state index >= 15 is 0 Å². The van der Waals surface area contributed by atoms with Crippen molar-refractivity contribution in [2.24, 2.45) is 0 Å². The zero-order valence-electron chi connectivity index (χ0n) is 19.8. The van der Waals surface area contributed by atoms with Gasteiger partial charge < -0.3 is 10.1 Å². The zero-order chi connectivity index (χ0) is 25.2. The smallest absolute Gasteiger partial charge is 0.306 e. The van der Waals surface area contributed by atoms with Crippen molar-refractivity contribution in [3.8, 4) is 0 Å². The number of ether oxygens (including phenoxy) is 1. The average Bonchev–Trinajstić information content (AvgIpc) is 2.88. The number of carbonyl (C=O) groups excluding carboxylic acids is 4. The number of rotatable bonds is 9. The van der Waals surface area contributed by atoms with Gasteiger partial charge in [0, 0.05) is 18.4 Å². The molecule has 3 rings (SSSR count). The van der Waals surface area contributed by atoms with Gasteiger partial charge in [-0.25, -0.2) is 0 Å². The Morgan fingerprint density at radius 3 is 2.23 bits per heavy atom. The van der Waals surface area contributed by atoms with Crippen molar-refractivity contribution < 1.29 is 23.9 Å². The predicted octanol–water partition coefficient (Wildman–Crippen LogP) is 3.36. The van der Waals surface area contributed by atoms with Crippen LogP contribution in [0.3, 0.4) is 0 Å². The average molecular weight is 476 g/mol. The molecule has 0 aromatic heterocycles. The first-order valence-electron chi connectivity index (χ1n) is 11.4. The molecule has 0 saturated heterocycles. The molecular formula is C27H29N3O5. The van der Waals surface area contributed by atoms with Gasteiger partial charge in [-0.15, -0.1) is 0 Å². The fourth-order valence-corrected chi connectivity index (χ4v) is 3.77. The second-order valence-corrected chi connectivity index (χ2v) is 8.09. The Bertz CT molecular complexity index is 1220. The minimum Gasteiger partial charge on any atom is -0.469 e. The molecule has 0 saturated carbocycles. The number of hydrogen-bond donors (Lipinski definition) is 3. The molecule has 0 bridgehead atoms. The highest BCUT2D eigenvalue weighted by molar-refractivity contribution is 5.96. The van der Waals surface area contributed by atoms with Gasteiger partial charge in [0.2, 0.25) is 11.8 Å². The van der Waals surface area contributed by atoms with Crippen molar-refractivity contribution >= 4 is 34.5 Å². The van der Waals surface area contributed by atoms with E-state index in [2.05, 4.69) is 20.9 Å². The Morgan fingerprint density at radius 2 is 1.46 bits per heavy atom. The number of fused-ring (bicyclic) bond motifs is 1. The Kier molecular flexibility index (Phi) is 8.95. The topological polar surface area (TPSA) is 114 Å². The van der Waals surface area contributed by atoms with E-state index in [1.807, 2.05) is 55.5 Å². The third-order valence-corrected chi connectivity index (χ3v) is 5.65. The highest BCUT2D eigenvalue weighted by atomic mass is 16.5. The molecular weight excluding hydrogens is 446 g/mol. The number of carbonyl (C=O) groups is 4. The third kappa shape index (κ3) is 7.14. The van der Waals surface area contributed by atoms with Gasteiger partial charge in [0.25, 0.3) is 5.91 Å². The lowest BCUT2D eigenvalue weighted by Gasteiger charge is -2.18. The first-order chi connectivity index (χ1) is 16.9. The zero-order valence-corrected chi connectivity index (χ0v) is 19.8. The molecule has 182 valence electrons. The summed E-state index contributed by atoms with van der Waals surface area (Å²) in [5.74, 6) is -1.63. The summed E-state index contributed by atoms with van der Waals surface area (Å²) in [5.41, 5.74) is 6.84. The Hall–Kier alpha value is -4.20.